The zero-order chi connectivity index (χ0) is 40.7. The fraction of sp³-hybridized carbons (Fsp3) is 0.0526. The van der Waals surface area contributed by atoms with E-state index in [2.05, 4.69) is 217 Å². The molecule has 2 aromatic heterocycles. The molecule has 1 aliphatic rings. The highest BCUT2D eigenvalue weighted by Gasteiger charge is 2.37. The molecule has 0 unspecified atom stereocenters. The van der Waals surface area contributed by atoms with Crippen molar-refractivity contribution in [2.24, 2.45) is 0 Å². The third-order valence-corrected chi connectivity index (χ3v) is 12.8. The Morgan fingerprint density at radius 2 is 1.10 bits per heavy atom. The van der Waals surface area contributed by atoms with Crippen LogP contribution in [0.5, 0.6) is 0 Å². The molecular formula is C57H40N4. The monoisotopic (exact) mass is 780 g/mol. The van der Waals surface area contributed by atoms with Crippen molar-refractivity contribution in [2.45, 2.75) is 19.3 Å². The van der Waals surface area contributed by atoms with Crippen LogP contribution in [0.4, 0.5) is 17.1 Å². The molecule has 0 saturated carbocycles. The minimum absolute atomic E-state index is 0.179. The summed E-state index contributed by atoms with van der Waals surface area (Å²) >= 11 is 0. The molecule has 3 heterocycles. The number of rotatable bonds is 5. The van der Waals surface area contributed by atoms with Gasteiger partial charge in [0.25, 0.3) is 0 Å². The number of hydrogen-bond donors (Lipinski definition) is 0. The van der Waals surface area contributed by atoms with Gasteiger partial charge in [-0.25, -0.2) is 9.97 Å². The van der Waals surface area contributed by atoms with Crippen molar-refractivity contribution < 1.29 is 0 Å². The van der Waals surface area contributed by atoms with Crippen molar-refractivity contribution in [3.8, 4) is 39.5 Å². The number of para-hydroxylation sites is 3. The van der Waals surface area contributed by atoms with Crippen LogP contribution in [0.25, 0.3) is 82.9 Å². The summed E-state index contributed by atoms with van der Waals surface area (Å²) in [5.74, 6) is 0.711. The predicted molar refractivity (Wildman–Crippen MR) is 255 cm³/mol. The zero-order valence-corrected chi connectivity index (χ0v) is 33.9. The maximum Gasteiger partial charge on any atom is 0.160 e. The maximum absolute atomic E-state index is 5.17. The average molecular weight is 781 g/mol. The van der Waals surface area contributed by atoms with Gasteiger partial charge in [0.15, 0.2) is 5.82 Å². The number of aromatic nitrogens is 3. The van der Waals surface area contributed by atoms with Crippen LogP contribution in [0.2, 0.25) is 0 Å². The summed E-state index contributed by atoms with van der Waals surface area (Å²) in [6, 6.07) is 74.3. The van der Waals surface area contributed by atoms with Crippen molar-refractivity contribution in [1.82, 2.24) is 14.5 Å². The van der Waals surface area contributed by atoms with E-state index in [9.17, 15) is 0 Å². The summed E-state index contributed by atoms with van der Waals surface area (Å²) in [5.41, 5.74) is 15.8. The summed E-state index contributed by atoms with van der Waals surface area (Å²) in [6.07, 6.45) is 0. The minimum atomic E-state index is -0.179. The van der Waals surface area contributed by atoms with Crippen LogP contribution in [-0.2, 0) is 5.41 Å². The summed E-state index contributed by atoms with van der Waals surface area (Å²) in [4.78, 5) is 12.7. The average Bonchev–Trinajstić information content (AvgIpc) is 3.67. The molecule has 0 fully saturated rings. The zero-order valence-electron chi connectivity index (χ0n) is 33.9. The van der Waals surface area contributed by atoms with Crippen LogP contribution in [-0.4, -0.2) is 14.5 Å². The van der Waals surface area contributed by atoms with E-state index in [0.29, 0.717) is 5.82 Å². The molecule has 4 nitrogen and oxygen atoms in total. The molecule has 1 aliphatic heterocycles. The van der Waals surface area contributed by atoms with E-state index in [1.54, 1.807) is 0 Å². The van der Waals surface area contributed by atoms with Crippen molar-refractivity contribution in [1.29, 1.82) is 0 Å². The number of fused-ring (bicyclic) bond motifs is 8. The summed E-state index contributed by atoms with van der Waals surface area (Å²) in [5, 5.41) is 6.00. The van der Waals surface area contributed by atoms with E-state index in [-0.39, 0.29) is 5.41 Å². The molecule has 0 atom stereocenters. The van der Waals surface area contributed by atoms with Gasteiger partial charge in [0, 0.05) is 44.1 Å². The molecule has 288 valence electrons. The lowest BCUT2D eigenvalue weighted by atomic mass is 9.73. The number of benzene rings is 9. The smallest absolute Gasteiger partial charge is 0.160 e. The molecule has 11 aromatic rings. The molecule has 0 spiro atoms. The van der Waals surface area contributed by atoms with Gasteiger partial charge in [-0.1, -0.05) is 153 Å². The van der Waals surface area contributed by atoms with Gasteiger partial charge in [-0.3, -0.25) is 0 Å². The van der Waals surface area contributed by atoms with Crippen LogP contribution in [0.15, 0.2) is 206 Å². The van der Waals surface area contributed by atoms with Crippen LogP contribution < -0.4 is 4.90 Å². The highest BCUT2D eigenvalue weighted by molar-refractivity contribution is 6.25. The third kappa shape index (κ3) is 5.46. The van der Waals surface area contributed by atoms with Gasteiger partial charge >= 0.3 is 0 Å². The van der Waals surface area contributed by atoms with E-state index >= 15 is 0 Å². The van der Waals surface area contributed by atoms with Gasteiger partial charge in [-0.2, -0.15) is 0 Å². The van der Waals surface area contributed by atoms with Crippen molar-refractivity contribution in [3.63, 3.8) is 0 Å². The molecular weight excluding hydrogens is 741 g/mol. The van der Waals surface area contributed by atoms with E-state index in [1.807, 2.05) is 12.1 Å². The molecule has 4 heteroatoms. The van der Waals surface area contributed by atoms with Crippen molar-refractivity contribution in [2.75, 3.05) is 4.90 Å². The van der Waals surface area contributed by atoms with Crippen LogP contribution in [0, 0.1) is 0 Å². The molecule has 0 N–H and O–H groups in total. The Kier molecular flexibility index (Phi) is 7.85. The van der Waals surface area contributed by atoms with Crippen LogP contribution in [0.1, 0.15) is 25.0 Å². The van der Waals surface area contributed by atoms with Crippen LogP contribution in [0.3, 0.4) is 0 Å². The lowest BCUT2D eigenvalue weighted by Gasteiger charge is -2.42. The topological polar surface area (TPSA) is 34.0 Å². The Bertz CT molecular complexity index is 3490. The molecule has 0 saturated heterocycles. The molecule has 0 amide bonds. The normalized spacial score (nSPS) is 13.2. The first-order valence-electron chi connectivity index (χ1n) is 21.0. The third-order valence-electron chi connectivity index (χ3n) is 12.8. The molecule has 12 rings (SSSR count). The molecule has 0 bridgehead atoms. The predicted octanol–water partition coefficient (Wildman–Crippen LogP) is 15.0. The second-order valence-corrected chi connectivity index (χ2v) is 16.6. The first-order chi connectivity index (χ1) is 30.0. The van der Waals surface area contributed by atoms with Gasteiger partial charge in [-0.15, -0.1) is 0 Å². The quantitative estimate of drug-likeness (QED) is 0.174. The second-order valence-electron chi connectivity index (χ2n) is 16.6. The number of anilines is 3. The first-order valence-corrected chi connectivity index (χ1v) is 21.0. The Morgan fingerprint density at radius 3 is 1.93 bits per heavy atom. The van der Waals surface area contributed by atoms with Crippen LogP contribution >= 0.6 is 0 Å². The molecule has 61 heavy (non-hydrogen) atoms. The molecule has 0 aliphatic carbocycles. The summed E-state index contributed by atoms with van der Waals surface area (Å²) < 4.78 is 2.43. The number of hydrogen-bond acceptors (Lipinski definition) is 3. The van der Waals surface area contributed by atoms with E-state index < -0.39 is 0 Å². The Labute approximate surface area is 354 Å². The highest BCUT2D eigenvalue weighted by Crippen LogP contribution is 2.53. The van der Waals surface area contributed by atoms with Crippen molar-refractivity contribution in [3.05, 3.63) is 217 Å². The fourth-order valence-corrected chi connectivity index (χ4v) is 9.87. The van der Waals surface area contributed by atoms with E-state index in [0.717, 1.165) is 44.6 Å². The fourth-order valence-electron chi connectivity index (χ4n) is 9.87. The summed E-state index contributed by atoms with van der Waals surface area (Å²) in [6.45, 7) is 4.71. The highest BCUT2D eigenvalue weighted by atomic mass is 15.2. The lowest BCUT2D eigenvalue weighted by molar-refractivity contribution is 0.632. The van der Waals surface area contributed by atoms with Gasteiger partial charge < -0.3 is 9.47 Å². The minimum Gasteiger partial charge on any atom is -0.310 e. The molecule has 0 radical (unpaired) electrons. The van der Waals surface area contributed by atoms with E-state index in [1.165, 1.54) is 60.7 Å². The Hall–Kier alpha value is -7.82. The van der Waals surface area contributed by atoms with Gasteiger partial charge in [0.2, 0.25) is 0 Å². The lowest BCUT2D eigenvalue weighted by Crippen LogP contribution is -2.30. The largest absolute Gasteiger partial charge is 0.310 e. The SMILES string of the molecule is CC1(C)c2ccccc2N(c2ccccc2)c2cc(-c3cccc4c3c3c5ccccc5ccc3n4-c3ccc(-c4nc(-c5ccccc5)c5ccccc5n4)cc3)ccc21. The van der Waals surface area contributed by atoms with Gasteiger partial charge in [-0.05, 0) is 99.8 Å². The summed E-state index contributed by atoms with van der Waals surface area (Å²) in [7, 11) is 0. The van der Waals surface area contributed by atoms with E-state index in [4.69, 9.17) is 9.97 Å². The maximum atomic E-state index is 5.17. The standard InChI is InChI=1S/C57H40N4/c1-57(2)46-24-12-14-26-49(46)60(41-19-7-4-8-20-41)52-36-40(30-34-47(52)57)44-23-15-27-50-54(44)53-43-21-10-9-16-37(43)31-35-51(53)61(50)42-32-28-39(29-33-42)56-58-48-25-13-11-22-45(48)55(59-56)38-17-5-3-6-18-38/h3-36H,1-2H3. The first kappa shape index (κ1) is 35.2. The molecule has 9 aromatic carbocycles. The van der Waals surface area contributed by atoms with Gasteiger partial charge in [0.1, 0.15) is 0 Å². The van der Waals surface area contributed by atoms with Gasteiger partial charge in [0.05, 0.1) is 33.6 Å². The van der Waals surface area contributed by atoms with Crippen molar-refractivity contribution >= 4 is 60.5 Å². The second kappa shape index (κ2) is 13.6. The number of nitrogens with zero attached hydrogens (tertiary/aromatic N) is 4. The Balaban J connectivity index is 1.05. The Morgan fingerprint density at radius 1 is 0.426 bits per heavy atom.